The maximum Gasteiger partial charge on any atom is 0.240 e. The summed E-state index contributed by atoms with van der Waals surface area (Å²) in [6, 6.07) is 0. The molecule has 0 aromatic rings. The number of carbonyl (C=O) groups is 1. The van der Waals surface area contributed by atoms with E-state index >= 15 is 0 Å². The third-order valence-electron chi connectivity index (χ3n) is 3.86. The number of ether oxygens (including phenoxy) is 1. The maximum atomic E-state index is 12.0. The van der Waals surface area contributed by atoms with Gasteiger partial charge in [0, 0.05) is 31.6 Å². The Bertz CT molecular complexity index is 281. The van der Waals surface area contributed by atoms with Gasteiger partial charge in [0.25, 0.3) is 0 Å². The first-order valence-corrected chi connectivity index (χ1v) is 6.19. The average molecular weight is 244 g/mol. The second-order valence-electron chi connectivity index (χ2n) is 5.17. The Kier molecular flexibility index (Phi) is 4.52. The first kappa shape index (κ1) is 14.4. The minimum absolute atomic E-state index is 0.0427. The van der Waals surface area contributed by atoms with Gasteiger partial charge < -0.3 is 20.9 Å². The van der Waals surface area contributed by atoms with Crippen LogP contribution in [0.5, 0.6) is 0 Å². The van der Waals surface area contributed by atoms with Crippen molar-refractivity contribution in [1.29, 1.82) is 0 Å². The van der Waals surface area contributed by atoms with Gasteiger partial charge >= 0.3 is 0 Å². The van der Waals surface area contributed by atoms with Gasteiger partial charge in [0.05, 0.1) is 6.10 Å². The lowest BCUT2D eigenvalue weighted by molar-refractivity contribution is -0.170. The van der Waals surface area contributed by atoms with Gasteiger partial charge in [-0.15, -0.1) is 0 Å². The Labute approximate surface area is 103 Å². The summed E-state index contributed by atoms with van der Waals surface area (Å²) >= 11 is 0. The van der Waals surface area contributed by atoms with Crippen LogP contribution in [0.15, 0.2) is 0 Å². The molecule has 1 amide bonds. The highest BCUT2D eigenvalue weighted by molar-refractivity contribution is 5.88. The predicted octanol–water partition coefficient (Wildman–Crippen LogP) is 0.0175. The van der Waals surface area contributed by atoms with E-state index < -0.39 is 5.54 Å². The molecule has 5 heteroatoms. The van der Waals surface area contributed by atoms with Crippen molar-refractivity contribution in [3.8, 4) is 0 Å². The normalized spacial score (nSPS) is 30.8. The largest absolute Gasteiger partial charge is 0.396 e. The maximum absolute atomic E-state index is 12.0. The van der Waals surface area contributed by atoms with E-state index in [0.717, 1.165) is 0 Å². The van der Waals surface area contributed by atoms with E-state index in [2.05, 4.69) is 5.32 Å². The Morgan fingerprint density at radius 1 is 1.59 bits per heavy atom. The molecule has 0 aliphatic heterocycles. The fraction of sp³-hybridized carbons (Fsp3) is 0.917. The molecular formula is C12H24N2O3. The molecule has 5 nitrogen and oxygen atoms in total. The van der Waals surface area contributed by atoms with Crippen LogP contribution in [0.25, 0.3) is 0 Å². The molecule has 17 heavy (non-hydrogen) atoms. The van der Waals surface area contributed by atoms with E-state index in [4.69, 9.17) is 15.6 Å². The molecule has 1 saturated carbocycles. The van der Waals surface area contributed by atoms with E-state index in [1.165, 1.54) is 0 Å². The van der Waals surface area contributed by atoms with Crippen LogP contribution in [0, 0.1) is 5.41 Å². The minimum Gasteiger partial charge on any atom is -0.396 e. The Balaban J connectivity index is 2.55. The van der Waals surface area contributed by atoms with Crippen LogP contribution in [-0.4, -0.2) is 42.4 Å². The van der Waals surface area contributed by atoms with E-state index in [1.807, 2.05) is 20.8 Å². The summed E-state index contributed by atoms with van der Waals surface area (Å²) in [7, 11) is 0. The fourth-order valence-corrected chi connectivity index (χ4v) is 2.26. The number of hydrogen-bond donors (Lipinski definition) is 3. The number of amides is 1. The van der Waals surface area contributed by atoms with Gasteiger partial charge in [-0.25, -0.2) is 0 Å². The minimum atomic E-state index is -0.859. The summed E-state index contributed by atoms with van der Waals surface area (Å²) < 4.78 is 5.56. The third kappa shape index (κ3) is 2.46. The molecule has 0 aromatic heterocycles. The number of hydrogen-bond acceptors (Lipinski definition) is 4. The molecule has 2 unspecified atom stereocenters. The van der Waals surface area contributed by atoms with Crippen molar-refractivity contribution in [2.75, 3.05) is 19.8 Å². The molecule has 1 aliphatic rings. The molecular weight excluding hydrogens is 220 g/mol. The van der Waals surface area contributed by atoms with E-state index in [0.29, 0.717) is 26.0 Å². The average Bonchev–Trinajstić information content (AvgIpc) is 2.28. The monoisotopic (exact) mass is 244 g/mol. The van der Waals surface area contributed by atoms with Gasteiger partial charge in [0.2, 0.25) is 5.91 Å². The number of carbonyl (C=O) groups excluding carboxylic acids is 1. The highest BCUT2D eigenvalue weighted by Gasteiger charge is 2.62. The number of nitrogens with one attached hydrogen (secondary N) is 1. The third-order valence-corrected chi connectivity index (χ3v) is 3.86. The summed E-state index contributed by atoms with van der Waals surface area (Å²) in [6.45, 7) is 7.03. The van der Waals surface area contributed by atoms with Gasteiger partial charge in [0.1, 0.15) is 5.54 Å². The highest BCUT2D eigenvalue weighted by Crippen LogP contribution is 2.49. The van der Waals surface area contributed by atoms with Crippen LogP contribution in [0.1, 0.15) is 33.6 Å². The first-order valence-electron chi connectivity index (χ1n) is 6.19. The topological polar surface area (TPSA) is 84.6 Å². The van der Waals surface area contributed by atoms with Gasteiger partial charge in [-0.2, -0.15) is 0 Å². The summed E-state index contributed by atoms with van der Waals surface area (Å²) in [4.78, 5) is 12.0. The molecule has 1 rings (SSSR count). The van der Waals surface area contributed by atoms with Crippen LogP contribution in [0.4, 0.5) is 0 Å². The molecule has 1 aliphatic carbocycles. The molecule has 0 heterocycles. The zero-order valence-electron chi connectivity index (χ0n) is 11.0. The van der Waals surface area contributed by atoms with Crippen LogP contribution in [0.2, 0.25) is 0 Å². The van der Waals surface area contributed by atoms with Crippen molar-refractivity contribution in [1.82, 2.24) is 5.32 Å². The van der Waals surface area contributed by atoms with E-state index in [1.54, 1.807) is 0 Å². The second kappa shape index (κ2) is 5.33. The standard InChI is InChI=1S/C12H24N2O3/c1-4-17-9-8-12(13,11(9,2)3)10(16)14-6-5-7-15/h9,15H,4-8,13H2,1-3H3,(H,14,16). The Hall–Kier alpha value is -0.650. The number of aliphatic hydroxyl groups is 1. The van der Waals surface area contributed by atoms with Crippen molar-refractivity contribution >= 4 is 5.91 Å². The van der Waals surface area contributed by atoms with E-state index in [9.17, 15) is 4.79 Å². The fourth-order valence-electron chi connectivity index (χ4n) is 2.26. The zero-order chi connectivity index (χ0) is 13.1. The van der Waals surface area contributed by atoms with Gasteiger partial charge in [-0.05, 0) is 13.3 Å². The van der Waals surface area contributed by atoms with Crippen LogP contribution in [-0.2, 0) is 9.53 Å². The van der Waals surface area contributed by atoms with E-state index in [-0.39, 0.29) is 24.0 Å². The van der Waals surface area contributed by atoms with Crippen LogP contribution < -0.4 is 11.1 Å². The smallest absolute Gasteiger partial charge is 0.240 e. The summed E-state index contributed by atoms with van der Waals surface area (Å²) in [5, 5.41) is 11.4. The molecule has 0 aromatic carbocycles. The van der Waals surface area contributed by atoms with Crippen molar-refractivity contribution in [3.63, 3.8) is 0 Å². The molecule has 100 valence electrons. The van der Waals surface area contributed by atoms with Crippen molar-refractivity contribution in [2.24, 2.45) is 11.1 Å². The first-order chi connectivity index (χ1) is 7.90. The molecule has 2 atom stereocenters. The molecule has 0 bridgehead atoms. The van der Waals surface area contributed by atoms with Crippen molar-refractivity contribution < 1.29 is 14.6 Å². The van der Waals surface area contributed by atoms with Crippen LogP contribution in [0.3, 0.4) is 0 Å². The second-order valence-corrected chi connectivity index (χ2v) is 5.17. The molecule has 0 spiro atoms. The number of nitrogens with two attached hydrogens (primary N) is 1. The number of rotatable bonds is 6. The van der Waals surface area contributed by atoms with Crippen LogP contribution >= 0.6 is 0 Å². The Morgan fingerprint density at radius 2 is 2.24 bits per heavy atom. The van der Waals surface area contributed by atoms with Crippen molar-refractivity contribution in [2.45, 2.75) is 45.3 Å². The lowest BCUT2D eigenvalue weighted by Gasteiger charge is -2.57. The quantitative estimate of drug-likeness (QED) is 0.575. The SMILES string of the molecule is CCOC1CC(N)(C(=O)NCCCO)C1(C)C. The van der Waals surface area contributed by atoms with Gasteiger partial charge in [0.15, 0.2) is 0 Å². The van der Waals surface area contributed by atoms with Crippen molar-refractivity contribution in [3.05, 3.63) is 0 Å². The lowest BCUT2D eigenvalue weighted by atomic mass is 9.54. The number of aliphatic hydroxyl groups excluding tert-OH is 1. The summed E-state index contributed by atoms with van der Waals surface area (Å²) in [6.07, 6.45) is 1.15. The van der Waals surface area contributed by atoms with Gasteiger partial charge in [-0.3, -0.25) is 4.79 Å². The molecule has 0 radical (unpaired) electrons. The molecule has 4 N–H and O–H groups in total. The highest BCUT2D eigenvalue weighted by atomic mass is 16.5. The summed E-state index contributed by atoms with van der Waals surface area (Å²) in [5.74, 6) is -0.146. The Morgan fingerprint density at radius 3 is 2.71 bits per heavy atom. The lowest BCUT2D eigenvalue weighted by Crippen LogP contribution is -2.75. The zero-order valence-corrected chi connectivity index (χ0v) is 11.0. The molecule has 0 saturated heterocycles. The summed E-state index contributed by atoms with van der Waals surface area (Å²) in [5.41, 5.74) is 4.96. The molecule has 1 fully saturated rings. The predicted molar refractivity (Wildman–Crippen MR) is 65.4 cm³/mol. The van der Waals surface area contributed by atoms with Gasteiger partial charge in [-0.1, -0.05) is 13.8 Å².